The summed E-state index contributed by atoms with van der Waals surface area (Å²) in [6.07, 6.45) is -0.511. The van der Waals surface area contributed by atoms with Crippen LogP contribution in [0.25, 0.3) is 0 Å². The molecule has 0 saturated carbocycles. The fraction of sp³-hybridized carbons (Fsp3) is 0.462. The van der Waals surface area contributed by atoms with Crippen LogP contribution in [0.1, 0.15) is 18.8 Å². The number of rotatable bonds is 3. The highest BCUT2D eigenvalue weighted by molar-refractivity contribution is 5.74. The van der Waals surface area contributed by atoms with Crippen LogP contribution in [0.5, 0.6) is 5.75 Å². The topological polar surface area (TPSA) is 65.0 Å². The van der Waals surface area contributed by atoms with E-state index in [1.165, 1.54) is 0 Å². The van der Waals surface area contributed by atoms with Gasteiger partial charge in [-0.15, -0.1) is 0 Å². The van der Waals surface area contributed by atoms with Crippen LogP contribution in [0.15, 0.2) is 24.3 Å². The maximum Gasteiger partial charge on any atom is 0.314 e. The van der Waals surface area contributed by atoms with Crippen LogP contribution in [-0.2, 0) is 14.3 Å². The summed E-state index contributed by atoms with van der Waals surface area (Å²) in [4.78, 5) is 11.0. The molecule has 1 heterocycles. The summed E-state index contributed by atoms with van der Waals surface area (Å²) >= 11 is 0. The minimum absolute atomic E-state index is 0.138. The molecule has 0 unspecified atom stereocenters. The average Bonchev–Trinajstić information content (AvgIpc) is 2.40. The van der Waals surface area contributed by atoms with E-state index in [0.29, 0.717) is 0 Å². The third kappa shape index (κ3) is 2.47. The first kappa shape index (κ1) is 12.9. The third-order valence-electron chi connectivity index (χ3n) is 3.01. The Labute approximate surface area is 105 Å². The summed E-state index contributed by atoms with van der Waals surface area (Å²) in [5.74, 6) is -0.152. The standard InChI is InChI=1S/C13H16O5/c1-13(12(14)15)7-17-11(18-8-13)9-3-5-10(16-2)6-4-9/h3-6,11H,7-8H2,1-2H3,(H,14,15). The van der Waals surface area contributed by atoms with Crippen molar-refractivity contribution in [1.82, 2.24) is 0 Å². The summed E-state index contributed by atoms with van der Waals surface area (Å²) < 4.78 is 16.0. The van der Waals surface area contributed by atoms with Crippen LogP contribution < -0.4 is 4.74 Å². The number of benzene rings is 1. The number of ether oxygens (including phenoxy) is 3. The van der Waals surface area contributed by atoms with Gasteiger partial charge >= 0.3 is 5.97 Å². The van der Waals surface area contributed by atoms with Crippen molar-refractivity contribution >= 4 is 5.97 Å². The predicted octanol–water partition coefficient (Wildman–Crippen LogP) is 1.83. The van der Waals surface area contributed by atoms with E-state index >= 15 is 0 Å². The van der Waals surface area contributed by atoms with Crippen LogP contribution in [0.3, 0.4) is 0 Å². The minimum atomic E-state index is -0.969. The van der Waals surface area contributed by atoms with E-state index in [0.717, 1.165) is 11.3 Å². The van der Waals surface area contributed by atoms with E-state index in [1.54, 1.807) is 14.0 Å². The Morgan fingerprint density at radius 2 is 1.89 bits per heavy atom. The van der Waals surface area contributed by atoms with Gasteiger partial charge < -0.3 is 19.3 Å². The zero-order valence-corrected chi connectivity index (χ0v) is 10.4. The molecule has 1 aliphatic rings. The van der Waals surface area contributed by atoms with Gasteiger partial charge in [-0.1, -0.05) is 12.1 Å². The van der Waals surface area contributed by atoms with Crippen molar-refractivity contribution in [3.8, 4) is 5.75 Å². The molecule has 1 aromatic rings. The molecule has 0 bridgehead atoms. The fourth-order valence-electron chi connectivity index (χ4n) is 1.69. The summed E-state index contributed by atoms with van der Waals surface area (Å²) in [5.41, 5.74) is -0.119. The fourth-order valence-corrected chi connectivity index (χ4v) is 1.69. The smallest absolute Gasteiger partial charge is 0.314 e. The Morgan fingerprint density at radius 3 is 2.33 bits per heavy atom. The third-order valence-corrected chi connectivity index (χ3v) is 3.01. The molecule has 0 atom stereocenters. The molecule has 98 valence electrons. The molecule has 5 nitrogen and oxygen atoms in total. The molecule has 0 amide bonds. The lowest BCUT2D eigenvalue weighted by Crippen LogP contribution is -2.42. The molecule has 5 heteroatoms. The molecular formula is C13H16O5. The van der Waals surface area contributed by atoms with Crippen molar-refractivity contribution in [2.75, 3.05) is 20.3 Å². The quantitative estimate of drug-likeness (QED) is 0.889. The number of aliphatic carboxylic acids is 1. The van der Waals surface area contributed by atoms with Gasteiger partial charge in [-0.2, -0.15) is 0 Å². The Bertz CT molecular complexity index is 418. The van der Waals surface area contributed by atoms with Crippen molar-refractivity contribution in [1.29, 1.82) is 0 Å². The predicted molar refractivity (Wildman–Crippen MR) is 63.4 cm³/mol. The average molecular weight is 252 g/mol. The van der Waals surface area contributed by atoms with Crippen molar-refractivity contribution in [3.63, 3.8) is 0 Å². The van der Waals surface area contributed by atoms with Gasteiger partial charge in [0.1, 0.15) is 11.2 Å². The van der Waals surface area contributed by atoms with Crippen LogP contribution in [-0.4, -0.2) is 31.4 Å². The molecule has 1 saturated heterocycles. The maximum atomic E-state index is 11.0. The van der Waals surface area contributed by atoms with Gasteiger partial charge in [0.15, 0.2) is 6.29 Å². The number of hydrogen-bond donors (Lipinski definition) is 1. The Balaban J connectivity index is 2.03. The molecule has 1 N–H and O–H groups in total. The molecule has 0 spiro atoms. The summed E-state index contributed by atoms with van der Waals surface area (Å²) in [5, 5.41) is 9.05. The van der Waals surface area contributed by atoms with Crippen molar-refractivity contribution in [2.24, 2.45) is 5.41 Å². The highest BCUT2D eigenvalue weighted by Gasteiger charge is 2.39. The van der Waals surface area contributed by atoms with Gasteiger partial charge in [0.2, 0.25) is 0 Å². The van der Waals surface area contributed by atoms with Crippen molar-refractivity contribution in [3.05, 3.63) is 29.8 Å². The maximum absolute atomic E-state index is 11.0. The Morgan fingerprint density at radius 1 is 1.33 bits per heavy atom. The van der Waals surface area contributed by atoms with Crippen LogP contribution >= 0.6 is 0 Å². The van der Waals surface area contributed by atoms with Crippen molar-refractivity contribution in [2.45, 2.75) is 13.2 Å². The summed E-state index contributed by atoms with van der Waals surface area (Å²) in [7, 11) is 1.60. The number of carboxylic acid groups (broad SMARTS) is 1. The largest absolute Gasteiger partial charge is 0.497 e. The number of methoxy groups -OCH3 is 1. The zero-order valence-electron chi connectivity index (χ0n) is 10.4. The van der Waals surface area contributed by atoms with E-state index in [1.807, 2.05) is 24.3 Å². The van der Waals surface area contributed by atoms with E-state index in [2.05, 4.69) is 0 Å². The molecule has 1 fully saturated rings. The van der Waals surface area contributed by atoms with E-state index in [4.69, 9.17) is 19.3 Å². The molecule has 0 aromatic heterocycles. The van der Waals surface area contributed by atoms with Gasteiger partial charge in [-0.05, 0) is 19.1 Å². The number of carboxylic acids is 1. The number of hydrogen-bond acceptors (Lipinski definition) is 4. The monoisotopic (exact) mass is 252 g/mol. The molecule has 1 aliphatic heterocycles. The molecule has 0 aliphatic carbocycles. The lowest BCUT2D eigenvalue weighted by molar-refractivity contribution is -0.234. The van der Waals surface area contributed by atoms with Gasteiger partial charge in [0.05, 0.1) is 20.3 Å². The van der Waals surface area contributed by atoms with Crippen LogP contribution in [0, 0.1) is 5.41 Å². The second kappa shape index (κ2) is 4.96. The molecule has 18 heavy (non-hydrogen) atoms. The molecular weight excluding hydrogens is 236 g/mol. The van der Waals surface area contributed by atoms with Gasteiger partial charge in [-0.3, -0.25) is 4.79 Å². The highest BCUT2D eigenvalue weighted by Crippen LogP contribution is 2.32. The van der Waals surface area contributed by atoms with Crippen LogP contribution in [0.2, 0.25) is 0 Å². The first-order valence-electron chi connectivity index (χ1n) is 5.66. The van der Waals surface area contributed by atoms with E-state index in [-0.39, 0.29) is 13.2 Å². The lowest BCUT2D eigenvalue weighted by Gasteiger charge is -2.34. The van der Waals surface area contributed by atoms with Crippen LogP contribution in [0.4, 0.5) is 0 Å². The second-order valence-electron chi connectivity index (χ2n) is 4.59. The summed E-state index contributed by atoms with van der Waals surface area (Å²) in [6.45, 7) is 1.89. The van der Waals surface area contributed by atoms with E-state index < -0.39 is 17.7 Å². The minimum Gasteiger partial charge on any atom is -0.497 e. The highest BCUT2D eigenvalue weighted by atomic mass is 16.7. The first-order valence-corrected chi connectivity index (χ1v) is 5.66. The SMILES string of the molecule is COc1ccc(C2OCC(C)(C(=O)O)CO2)cc1. The summed E-state index contributed by atoms with van der Waals surface area (Å²) in [6, 6.07) is 7.31. The van der Waals surface area contributed by atoms with E-state index in [9.17, 15) is 4.79 Å². The lowest BCUT2D eigenvalue weighted by atomic mass is 9.92. The first-order chi connectivity index (χ1) is 8.55. The normalized spacial score (nSPS) is 27.8. The molecule has 2 rings (SSSR count). The van der Waals surface area contributed by atoms with Gasteiger partial charge in [-0.25, -0.2) is 0 Å². The van der Waals surface area contributed by atoms with Gasteiger partial charge in [0, 0.05) is 5.56 Å². The Hall–Kier alpha value is -1.59. The molecule has 1 aromatic carbocycles. The van der Waals surface area contributed by atoms with Gasteiger partial charge in [0.25, 0.3) is 0 Å². The zero-order chi connectivity index (χ0) is 13.2. The molecule has 0 radical (unpaired) electrons. The second-order valence-corrected chi connectivity index (χ2v) is 4.59. The Kier molecular flexibility index (Phi) is 3.54. The number of carbonyl (C=O) groups is 1. The van der Waals surface area contributed by atoms with Crippen molar-refractivity contribution < 1.29 is 24.1 Å².